The number of benzene rings is 2. The molecule has 4 rings (SSSR count). The number of amides is 1. The van der Waals surface area contributed by atoms with Gasteiger partial charge in [0.05, 0.1) is 23.6 Å². The van der Waals surface area contributed by atoms with Crippen LogP contribution in [0.4, 0.5) is 35.1 Å². The van der Waals surface area contributed by atoms with E-state index in [1.54, 1.807) is 0 Å². The largest absolute Gasteiger partial charge is 0.416 e. The Morgan fingerprint density at radius 2 is 1.37 bits per heavy atom. The van der Waals surface area contributed by atoms with Crippen molar-refractivity contribution < 1.29 is 39.9 Å². The smallest absolute Gasteiger partial charge is 0.354 e. The summed E-state index contributed by atoms with van der Waals surface area (Å²) < 4.78 is 107. The number of alkyl halides is 6. The zero-order valence-corrected chi connectivity index (χ0v) is 22.6. The van der Waals surface area contributed by atoms with Gasteiger partial charge >= 0.3 is 12.4 Å². The molecule has 4 nitrogen and oxygen atoms in total. The number of halogens is 8. The molecule has 0 radical (unpaired) electrons. The molecule has 2 saturated heterocycles. The number of nitrogens with zero attached hydrogens (tertiary/aromatic N) is 2. The first-order chi connectivity index (χ1) is 19.2. The third-order valence-corrected chi connectivity index (χ3v) is 8.05. The monoisotopic (exact) mass is 591 g/mol. The minimum Gasteiger partial charge on any atom is -0.354 e. The van der Waals surface area contributed by atoms with E-state index in [1.165, 1.54) is 12.1 Å². The van der Waals surface area contributed by atoms with E-state index in [0.29, 0.717) is 37.2 Å². The maximum Gasteiger partial charge on any atom is 0.416 e. The maximum absolute atomic E-state index is 14.1. The van der Waals surface area contributed by atoms with Crippen molar-refractivity contribution in [2.45, 2.75) is 63.5 Å². The summed E-state index contributed by atoms with van der Waals surface area (Å²) in [5.74, 6) is -1.70. The predicted octanol–water partition coefficient (Wildman–Crippen LogP) is 6.60. The van der Waals surface area contributed by atoms with E-state index in [1.807, 2.05) is 4.90 Å². The Hall–Kier alpha value is -2.73. The van der Waals surface area contributed by atoms with Crippen LogP contribution in [0, 0.1) is 17.6 Å². The van der Waals surface area contributed by atoms with Crippen LogP contribution in [0.2, 0.25) is 0 Å². The number of hydrogen-bond acceptors (Lipinski definition) is 3. The molecular weight excluding hydrogens is 558 g/mol. The van der Waals surface area contributed by atoms with Gasteiger partial charge in [-0.15, -0.1) is 0 Å². The second-order valence-corrected chi connectivity index (χ2v) is 11.1. The van der Waals surface area contributed by atoms with Gasteiger partial charge in [0.2, 0.25) is 5.91 Å². The molecule has 2 heterocycles. The molecule has 1 amide bonds. The molecule has 0 bridgehead atoms. The van der Waals surface area contributed by atoms with Crippen LogP contribution in [-0.4, -0.2) is 54.5 Å². The molecule has 1 unspecified atom stereocenters. The summed E-state index contributed by atoms with van der Waals surface area (Å²) in [6, 6.07) is 3.83. The highest BCUT2D eigenvalue weighted by molar-refractivity contribution is 5.78. The summed E-state index contributed by atoms with van der Waals surface area (Å²) in [5, 5.41) is 2.56. The van der Waals surface area contributed by atoms with Crippen molar-refractivity contribution in [2.75, 3.05) is 32.7 Å². The minimum atomic E-state index is -5.03. The number of piperidine rings is 2. The van der Waals surface area contributed by atoms with Crippen molar-refractivity contribution in [1.29, 1.82) is 0 Å². The van der Waals surface area contributed by atoms with Crippen LogP contribution in [-0.2, 0) is 23.6 Å². The SMILES string of the molecule is CC1CCN(C2CCN(C(CNC(=O)Cc3cc(C(F)(F)F)cc(C(F)(F)F)c3)c3cc(F)cc(F)c3)CC2)CC1. The summed E-state index contributed by atoms with van der Waals surface area (Å²) in [4.78, 5) is 17.2. The van der Waals surface area contributed by atoms with Gasteiger partial charge in [0.25, 0.3) is 0 Å². The normalized spacial score (nSPS) is 19.3. The molecule has 0 saturated carbocycles. The summed E-state index contributed by atoms with van der Waals surface area (Å²) in [6.45, 7) is 5.34. The molecule has 2 aliphatic rings. The van der Waals surface area contributed by atoms with Crippen LogP contribution in [0.5, 0.6) is 0 Å². The van der Waals surface area contributed by atoms with Crippen LogP contribution in [0.15, 0.2) is 36.4 Å². The molecule has 41 heavy (non-hydrogen) atoms. The lowest BCUT2D eigenvalue weighted by molar-refractivity contribution is -0.143. The second-order valence-electron chi connectivity index (χ2n) is 11.1. The molecule has 0 spiro atoms. The molecule has 0 aliphatic carbocycles. The Labute approximate surface area is 233 Å². The summed E-state index contributed by atoms with van der Waals surface area (Å²) >= 11 is 0. The van der Waals surface area contributed by atoms with Crippen molar-refractivity contribution in [2.24, 2.45) is 5.92 Å². The number of carbonyl (C=O) groups is 1. The highest BCUT2D eigenvalue weighted by Crippen LogP contribution is 2.36. The molecule has 2 aliphatic heterocycles. The zero-order valence-electron chi connectivity index (χ0n) is 22.6. The van der Waals surface area contributed by atoms with E-state index < -0.39 is 59.0 Å². The molecule has 2 aromatic rings. The minimum absolute atomic E-state index is 0.00399. The lowest BCUT2D eigenvalue weighted by atomic mass is 9.93. The molecule has 12 heteroatoms. The van der Waals surface area contributed by atoms with Crippen LogP contribution >= 0.6 is 0 Å². The summed E-state index contributed by atoms with van der Waals surface area (Å²) in [6.07, 6.45) is -6.88. The quantitative estimate of drug-likeness (QED) is 0.369. The Kier molecular flexibility index (Phi) is 9.63. The Morgan fingerprint density at radius 3 is 1.88 bits per heavy atom. The predicted molar refractivity (Wildman–Crippen MR) is 137 cm³/mol. The molecule has 2 aromatic carbocycles. The first kappa shape index (κ1) is 31.2. The molecule has 1 atom stereocenters. The Bertz CT molecular complexity index is 1150. The first-order valence-corrected chi connectivity index (χ1v) is 13.7. The standard InChI is InChI=1S/C29H33F8N3O/c1-18-2-6-39(7-3-18)25-4-8-40(9-5-25)26(20-13-23(30)16-24(31)14-20)17-38-27(41)12-19-10-21(28(32,33)34)15-22(11-19)29(35,36)37/h10-11,13-16,18,25-26H,2-9,12,17H2,1H3,(H,38,41). The van der Waals surface area contributed by atoms with Gasteiger partial charge in [-0.1, -0.05) is 6.92 Å². The number of rotatable bonds is 7. The van der Waals surface area contributed by atoms with Crippen LogP contribution in [0.1, 0.15) is 60.9 Å². The fourth-order valence-electron chi connectivity index (χ4n) is 5.76. The van der Waals surface area contributed by atoms with Gasteiger partial charge in [-0.3, -0.25) is 9.69 Å². The van der Waals surface area contributed by atoms with E-state index >= 15 is 0 Å². The first-order valence-electron chi connectivity index (χ1n) is 13.7. The molecular formula is C29H33F8N3O. The maximum atomic E-state index is 14.1. The number of hydrogen-bond donors (Lipinski definition) is 1. The van der Waals surface area contributed by atoms with Crippen LogP contribution in [0.3, 0.4) is 0 Å². The fraction of sp³-hybridized carbons (Fsp3) is 0.552. The van der Waals surface area contributed by atoms with Crippen molar-refractivity contribution in [3.8, 4) is 0 Å². The fourth-order valence-corrected chi connectivity index (χ4v) is 5.76. The Balaban J connectivity index is 1.46. The van der Waals surface area contributed by atoms with Gasteiger partial charge in [0.15, 0.2) is 0 Å². The van der Waals surface area contributed by atoms with Crippen molar-refractivity contribution in [3.63, 3.8) is 0 Å². The van der Waals surface area contributed by atoms with Crippen LogP contribution < -0.4 is 5.32 Å². The van der Waals surface area contributed by atoms with Gasteiger partial charge in [-0.25, -0.2) is 8.78 Å². The Morgan fingerprint density at radius 1 is 0.829 bits per heavy atom. The third kappa shape index (κ3) is 8.41. The van der Waals surface area contributed by atoms with Crippen molar-refractivity contribution in [3.05, 3.63) is 70.3 Å². The third-order valence-electron chi connectivity index (χ3n) is 8.05. The number of nitrogens with one attached hydrogen (secondary N) is 1. The van der Waals surface area contributed by atoms with E-state index in [9.17, 15) is 39.9 Å². The van der Waals surface area contributed by atoms with Gasteiger partial charge in [0, 0.05) is 31.7 Å². The van der Waals surface area contributed by atoms with E-state index in [4.69, 9.17) is 0 Å². The van der Waals surface area contributed by atoms with E-state index in [-0.39, 0.29) is 18.2 Å². The van der Waals surface area contributed by atoms with Gasteiger partial charge in [0.1, 0.15) is 11.6 Å². The van der Waals surface area contributed by atoms with Crippen molar-refractivity contribution >= 4 is 5.91 Å². The molecule has 226 valence electrons. The van der Waals surface area contributed by atoms with E-state index in [0.717, 1.165) is 44.8 Å². The average molecular weight is 592 g/mol. The molecule has 1 N–H and O–H groups in total. The van der Waals surface area contributed by atoms with Gasteiger partial charge in [-0.05, 0) is 86.1 Å². The van der Waals surface area contributed by atoms with Gasteiger partial charge < -0.3 is 10.2 Å². The van der Waals surface area contributed by atoms with Gasteiger partial charge in [-0.2, -0.15) is 26.3 Å². The topological polar surface area (TPSA) is 35.6 Å². The van der Waals surface area contributed by atoms with Crippen LogP contribution in [0.25, 0.3) is 0 Å². The lowest BCUT2D eigenvalue weighted by Crippen LogP contribution is -2.49. The second kappa shape index (κ2) is 12.6. The van der Waals surface area contributed by atoms with Crippen molar-refractivity contribution in [1.82, 2.24) is 15.1 Å². The average Bonchev–Trinajstić information content (AvgIpc) is 2.88. The number of carbonyl (C=O) groups excluding carboxylic acids is 1. The number of likely N-dealkylation sites (tertiary alicyclic amines) is 2. The highest BCUT2D eigenvalue weighted by atomic mass is 19.4. The summed E-state index contributed by atoms with van der Waals surface area (Å²) in [7, 11) is 0. The zero-order chi connectivity index (χ0) is 29.9. The molecule has 0 aromatic heterocycles. The van der Waals surface area contributed by atoms with E-state index in [2.05, 4.69) is 17.1 Å². The molecule has 2 fully saturated rings. The highest BCUT2D eigenvalue weighted by Gasteiger charge is 2.37. The summed E-state index contributed by atoms with van der Waals surface area (Å²) in [5.41, 5.74) is -3.18. The lowest BCUT2D eigenvalue weighted by Gasteiger charge is -2.43.